The van der Waals surface area contributed by atoms with E-state index in [1.54, 1.807) is 31.2 Å². The summed E-state index contributed by atoms with van der Waals surface area (Å²) in [4.78, 5) is 49.7. The molecule has 0 aliphatic carbocycles. The molecule has 11 nitrogen and oxygen atoms in total. The summed E-state index contributed by atoms with van der Waals surface area (Å²) >= 11 is 0. The largest absolute Gasteiger partial charge is 0.508 e. The number of aromatic hydroxyl groups is 1. The van der Waals surface area contributed by atoms with E-state index in [4.69, 9.17) is 10.5 Å². The monoisotopic (exact) mass is 556 g/mol. The Morgan fingerprint density at radius 3 is 2.05 bits per heavy atom. The van der Waals surface area contributed by atoms with E-state index < -0.39 is 42.0 Å². The number of amides is 3. The van der Waals surface area contributed by atoms with Crippen LogP contribution in [0.25, 0.3) is 0 Å². The lowest BCUT2D eigenvalue weighted by atomic mass is 10.0. The van der Waals surface area contributed by atoms with Crippen LogP contribution in [-0.2, 0) is 36.8 Å². The molecule has 0 spiro atoms. The molecule has 3 amide bonds. The van der Waals surface area contributed by atoms with Crippen molar-refractivity contribution in [1.29, 1.82) is 0 Å². The molecule has 0 radical (unpaired) electrons. The molecule has 218 valence electrons. The van der Waals surface area contributed by atoms with E-state index >= 15 is 0 Å². The fourth-order valence-electron chi connectivity index (χ4n) is 3.96. The second-order valence-electron chi connectivity index (χ2n) is 10.2. The first kappa shape index (κ1) is 32.3. The Morgan fingerprint density at radius 1 is 0.825 bits per heavy atom. The molecule has 0 heterocycles. The zero-order valence-electron chi connectivity index (χ0n) is 23.1. The van der Waals surface area contributed by atoms with E-state index in [0.717, 1.165) is 11.1 Å². The minimum atomic E-state index is -1.14. The van der Waals surface area contributed by atoms with Gasteiger partial charge in [0, 0.05) is 12.5 Å². The molecular formula is C29H40N4O7. The van der Waals surface area contributed by atoms with Gasteiger partial charge in [0.1, 0.15) is 24.4 Å². The number of benzene rings is 2. The highest BCUT2D eigenvalue weighted by atomic mass is 16.5. The number of ether oxygens (including phenoxy) is 1. The molecule has 0 aliphatic heterocycles. The first-order valence-corrected chi connectivity index (χ1v) is 13.2. The van der Waals surface area contributed by atoms with Gasteiger partial charge in [-0.05, 0) is 48.9 Å². The van der Waals surface area contributed by atoms with Gasteiger partial charge in [-0.25, -0.2) is 4.79 Å². The lowest BCUT2D eigenvalue weighted by molar-refractivity contribution is -0.142. The Labute approximate surface area is 234 Å². The zero-order chi connectivity index (χ0) is 29.7. The standard InChI is InChI=1S/C29H40N4O7/c1-18(2)13-25(29(38)39)33-28(37)24(15-20-7-5-4-6-8-20)32-26(35)17-40-16-19(3)31-27(36)23(30)14-21-9-11-22(34)12-10-21/h4-12,18-19,23-25,34H,13-17,30H2,1-3H3,(H,31,36)(H,32,35)(H,33,37)(H,38,39)/t19-,23?,24+,25+/m1/s1. The van der Waals surface area contributed by atoms with Crippen molar-refractivity contribution in [3.8, 4) is 5.75 Å². The van der Waals surface area contributed by atoms with Crippen LogP contribution in [0.4, 0.5) is 0 Å². The van der Waals surface area contributed by atoms with Gasteiger partial charge in [0.05, 0.1) is 12.6 Å². The first-order valence-electron chi connectivity index (χ1n) is 13.2. The second-order valence-corrected chi connectivity index (χ2v) is 10.2. The predicted octanol–water partition coefficient (Wildman–Crippen LogP) is 1.13. The van der Waals surface area contributed by atoms with Gasteiger partial charge in [0.15, 0.2) is 0 Å². The molecule has 2 rings (SSSR count). The summed E-state index contributed by atoms with van der Waals surface area (Å²) in [5.74, 6) is -2.53. The SMILES string of the molecule is CC(C)C[C@H](NC(=O)[C@H](Cc1ccccc1)NC(=O)COC[C@@H](C)NC(=O)C(N)Cc1ccc(O)cc1)C(=O)O. The van der Waals surface area contributed by atoms with E-state index in [2.05, 4.69) is 16.0 Å². The molecular weight excluding hydrogens is 516 g/mol. The molecule has 0 saturated heterocycles. The first-order chi connectivity index (χ1) is 18.9. The van der Waals surface area contributed by atoms with Crippen LogP contribution < -0.4 is 21.7 Å². The van der Waals surface area contributed by atoms with Gasteiger partial charge in [0.2, 0.25) is 17.7 Å². The average Bonchev–Trinajstić information content (AvgIpc) is 2.89. The maximum absolute atomic E-state index is 13.0. The van der Waals surface area contributed by atoms with Gasteiger partial charge >= 0.3 is 5.97 Å². The third kappa shape index (κ3) is 11.8. The van der Waals surface area contributed by atoms with E-state index in [9.17, 15) is 29.4 Å². The molecule has 7 N–H and O–H groups in total. The Hall–Kier alpha value is -3.96. The Kier molecular flexibility index (Phi) is 13.1. The number of carboxylic acid groups (broad SMARTS) is 1. The highest BCUT2D eigenvalue weighted by molar-refractivity contribution is 5.91. The smallest absolute Gasteiger partial charge is 0.326 e. The molecule has 40 heavy (non-hydrogen) atoms. The number of nitrogens with two attached hydrogens (primary N) is 1. The molecule has 1 unspecified atom stereocenters. The van der Waals surface area contributed by atoms with Gasteiger partial charge in [0.25, 0.3) is 0 Å². The number of carboxylic acids is 1. The number of rotatable bonds is 16. The quantitative estimate of drug-likeness (QED) is 0.178. The van der Waals surface area contributed by atoms with Crippen molar-refractivity contribution in [1.82, 2.24) is 16.0 Å². The molecule has 0 aliphatic rings. The Balaban J connectivity index is 1.87. The number of phenols is 1. The van der Waals surface area contributed by atoms with Crippen LogP contribution in [0.15, 0.2) is 54.6 Å². The third-order valence-corrected chi connectivity index (χ3v) is 5.97. The summed E-state index contributed by atoms with van der Waals surface area (Å²) in [6, 6.07) is 12.1. The van der Waals surface area contributed by atoms with Crippen molar-refractivity contribution in [3.05, 3.63) is 65.7 Å². The van der Waals surface area contributed by atoms with Crippen molar-refractivity contribution < 1.29 is 34.1 Å². The average molecular weight is 557 g/mol. The minimum absolute atomic E-state index is 0.0239. The van der Waals surface area contributed by atoms with Crippen molar-refractivity contribution >= 4 is 23.7 Å². The number of phenolic OH excluding ortho intramolecular Hbond substituents is 1. The van der Waals surface area contributed by atoms with Crippen LogP contribution in [0.1, 0.15) is 38.3 Å². The van der Waals surface area contributed by atoms with Crippen molar-refractivity contribution in [2.75, 3.05) is 13.2 Å². The van der Waals surface area contributed by atoms with Gasteiger partial charge < -0.3 is 36.6 Å². The highest BCUT2D eigenvalue weighted by Crippen LogP contribution is 2.11. The maximum Gasteiger partial charge on any atom is 0.326 e. The normalized spacial score (nSPS) is 14.0. The predicted molar refractivity (Wildman–Crippen MR) is 149 cm³/mol. The van der Waals surface area contributed by atoms with E-state index in [1.807, 2.05) is 32.0 Å². The van der Waals surface area contributed by atoms with Crippen LogP contribution in [0.2, 0.25) is 0 Å². The van der Waals surface area contributed by atoms with E-state index in [-0.39, 0.29) is 50.1 Å². The number of hydrogen-bond donors (Lipinski definition) is 6. The lowest BCUT2D eigenvalue weighted by Crippen LogP contribution is -2.53. The van der Waals surface area contributed by atoms with Gasteiger partial charge in [-0.3, -0.25) is 14.4 Å². The summed E-state index contributed by atoms with van der Waals surface area (Å²) in [5, 5.41) is 26.8. The van der Waals surface area contributed by atoms with E-state index in [1.165, 1.54) is 12.1 Å². The van der Waals surface area contributed by atoms with Crippen LogP contribution in [0.3, 0.4) is 0 Å². The Morgan fingerprint density at radius 2 is 1.45 bits per heavy atom. The van der Waals surface area contributed by atoms with Gasteiger partial charge in [-0.15, -0.1) is 0 Å². The molecule has 0 bridgehead atoms. The number of hydrogen-bond acceptors (Lipinski definition) is 7. The van der Waals surface area contributed by atoms with Crippen molar-refractivity contribution in [2.45, 2.75) is 64.2 Å². The lowest BCUT2D eigenvalue weighted by Gasteiger charge is -2.23. The third-order valence-electron chi connectivity index (χ3n) is 5.97. The molecule has 4 atom stereocenters. The van der Waals surface area contributed by atoms with Crippen molar-refractivity contribution in [2.24, 2.45) is 11.7 Å². The molecule has 11 heteroatoms. The number of carbonyl (C=O) groups excluding carboxylic acids is 3. The topological polar surface area (TPSA) is 180 Å². The molecule has 2 aromatic carbocycles. The molecule has 0 aromatic heterocycles. The number of aliphatic carboxylic acids is 1. The van der Waals surface area contributed by atoms with Crippen molar-refractivity contribution in [3.63, 3.8) is 0 Å². The van der Waals surface area contributed by atoms with Crippen LogP contribution in [0, 0.1) is 5.92 Å². The van der Waals surface area contributed by atoms with Crippen LogP contribution in [0.5, 0.6) is 5.75 Å². The van der Waals surface area contributed by atoms with Gasteiger partial charge in [-0.2, -0.15) is 0 Å². The molecule has 2 aromatic rings. The molecule has 0 fully saturated rings. The fraction of sp³-hybridized carbons (Fsp3) is 0.448. The summed E-state index contributed by atoms with van der Waals surface area (Å²) in [6.07, 6.45) is 0.697. The summed E-state index contributed by atoms with van der Waals surface area (Å²) in [6.45, 7) is 5.07. The number of carbonyl (C=O) groups is 4. The fourth-order valence-corrected chi connectivity index (χ4v) is 3.96. The Bertz CT molecular complexity index is 1110. The van der Waals surface area contributed by atoms with Gasteiger partial charge in [-0.1, -0.05) is 56.3 Å². The maximum atomic E-state index is 13.0. The zero-order valence-corrected chi connectivity index (χ0v) is 23.1. The highest BCUT2D eigenvalue weighted by Gasteiger charge is 2.27. The van der Waals surface area contributed by atoms with E-state index in [0.29, 0.717) is 0 Å². The van der Waals surface area contributed by atoms with Crippen LogP contribution >= 0.6 is 0 Å². The molecule has 0 saturated carbocycles. The van der Waals surface area contributed by atoms with Crippen LogP contribution in [-0.4, -0.2) is 71.3 Å². The number of nitrogens with one attached hydrogen (secondary N) is 3. The summed E-state index contributed by atoms with van der Waals surface area (Å²) in [5.41, 5.74) is 7.58. The summed E-state index contributed by atoms with van der Waals surface area (Å²) in [7, 11) is 0. The minimum Gasteiger partial charge on any atom is -0.508 e. The second kappa shape index (κ2) is 16.2. The summed E-state index contributed by atoms with van der Waals surface area (Å²) < 4.78 is 5.45.